The van der Waals surface area contributed by atoms with Crippen LogP contribution in [0.15, 0.2) is 30.5 Å². The molecule has 7 heteroatoms. The molecule has 0 saturated heterocycles. The van der Waals surface area contributed by atoms with Crippen LogP contribution in [-0.4, -0.2) is 42.4 Å². The molecule has 1 N–H and O–H groups in total. The zero-order valence-electron chi connectivity index (χ0n) is 13.3. The fourth-order valence-corrected chi connectivity index (χ4v) is 2.49. The first-order valence-electron chi connectivity index (χ1n) is 7.08. The largest absolute Gasteiger partial charge is 0.484 e. The van der Waals surface area contributed by atoms with Gasteiger partial charge in [-0.05, 0) is 25.1 Å². The minimum Gasteiger partial charge on any atom is -0.484 e. The molecule has 0 aliphatic carbocycles. The first kappa shape index (κ1) is 17.0. The number of nitrogens with zero attached hydrogens (tertiary/aromatic N) is 2. The van der Waals surface area contributed by atoms with Crippen LogP contribution in [0.3, 0.4) is 0 Å². The molecule has 23 heavy (non-hydrogen) atoms. The van der Waals surface area contributed by atoms with Gasteiger partial charge in [0.15, 0.2) is 6.61 Å². The van der Waals surface area contributed by atoms with Gasteiger partial charge in [0, 0.05) is 30.7 Å². The van der Waals surface area contributed by atoms with E-state index in [-0.39, 0.29) is 18.4 Å². The van der Waals surface area contributed by atoms with E-state index in [1.165, 1.54) is 4.90 Å². The third-order valence-corrected chi connectivity index (χ3v) is 3.96. The highest BCUT2D eigenvalue weighted by atomic mass is 32.1. The Morgan fingerprint density at radius 3 is 2.78 bits per heavy atom. The Labute approximate surface area is 139 Å². The van der Waals surface area contributed by atoms with E-state index < -0.39 is 0 Å². The van der Waals surface area contributed by atoms with Crippen molar-refractivity contribution in [3.63, 3.8) is 0 Å². The summed E-state index contributed by atoms with van der Waals surface area (Å²) in [4.78, 5) is 30.3. The minimum atomic E-state index is -0.194. The fourth-order valence-electron chi connectivity index (χ4n) is 1.76. The third-order valence-electron chi connectivity index (χ3n) is 3.05. The predicted molar refractivity (Wildman–Crippen MR) is 88.7 cm³/mol. The van der Waals surface area contributed by atoms with E-state index in [9.17, 15) is 9.59 Å². The van der Waals surface area contributed by atoms with Gasteiger partial charge in [0.1, 0.15) is 5.75 Å². The average Bonchev–Trinajstić information content (AvgIpc) is 2.96. The average molecular weight is 333 g/mol. The predicted octanol–water partition coefficient (Wildman–Crippen LogP) is 1.85. The number of amides is 2. The van der Waals surface area contributed by atoms with Crippen LogP contribution in [0.25, 0.3) is 0 Å². The lowest BCUT2D eigenvalue weighted by molar-refractivity contribution is -0.130. The Morgan fingerprint density at radius 2 is 2.13 bits per heavy atom. The van der Waals surface area contributed by atoms with Crippen molar-refractivity contribution in [1.29, 1.82) is 0 Å². The van der Waals surface area contributed by atoms with Gasteiger partial charge in [-0.1, -0.05) is 6.07 Å². The second kappa shape index (κ2) is 7.73. The Balaban J connectivity index is 1.92. The first-order chi connectivity index (χ1) is 11.0. The van der Waals surface area contributed by atoms with Crippen molar-refractivity contribution in [2.45, 2.75) is 13.5 Å². The van der Waals surface area contributed by atoms with Gasteiger partial charge in [0.2, 0.25) is 0 Å². The minimum absolute atomic E-state index is 0.0573. The summed E-state index contributed by atoms with van der Waals surface area (Å²) in [5.41, 5.74) is 0.487. The number of hydrogen-bond donors (Lipinski definition) is 1. The molecule has 2 amide bonds. The van der Waals surface area contributed by atoms with Crippen LogP contribution in [0.5, 0.6) is 5.75 Å². The second-order valence-corrected chi connectivity index (χ2v) is 6.45. The Morgan fingerprint density at radius 1 is 1.35 bits per heavy atom. The standard InChI is InChI=1S/C16H19N3O3S/c1-11-17-8-14(23-11)9-18-16(21)12-5-4-6-13(7-12)22-10-15(20)19(2)3/h4-8H,9-10H2,1-3H3,(H,18,21). The zero-order chi connectivity index (χ0) is 16.8. The maximum absolute atomic E-state index is 12.2. The number of aromatic nitrogens is 1. The van der Waals surface area contributed by atoms with Crippen molar-refractivity contribution in [2.24, 2.45) is 0 Å². The molecule has 1 heterocycles. The number of ether oxygens (including phenoxy) is 1. The summed E-state index contributed by atoms with van der Waals surface area (Å²) in [6.45, 7) is 2.30. The molecule has 0 fully saturated rings. The van der Waals surface area contributed by atoms with E-state index in [4.69, 9.17) is 4.74 Å². The number of thiazole rings is 1. The monoisotopic (exact) mass is 333 g/mol. The molecule has 6 nitrogen and oxygen atoms in total. The molecule has 0 atom stereocenters. The molecule has 0 saturated carbocycles. The molecular formula is C16H19N3O3S. The lowest BCUT2D eigenvalue weighted by Crippen LogP contribution is -2.27. The normalized spacial score (nSPS) is 10.2. The molecule has 0 unspecified atom stereocenters. The summed E-state index contributed by atoms with van der Waals surface area (Å²) >= 11 is 1.55. The second-order valence-electron chi connectivity index (χ2n) is 5.13. The first-order valence-corrected chi connectivity index (χ1v) is 7.90. The zero-order valence-corrected chi connectivity index (χ0v) is 14.1. The van der Waals surface area contributed by atoms with E-state index in [0.29, 0.717) is 17.9 Å². The van der Waals surface area contributed by atoms with Gasteiger partial charge in [0.05, 0.1) is 11.6 Å². The van der Waals surface area contributed by atoms with Gasteiger partial charge < -0.3 is 15.0 Å². The van der Waals surface area contributed by atoms with Crippen molar-refractivity contribution >= 4 is 23.2 Å². The molecule has 1 aromatic heterocycles. The highest BCUT2D eigenvalue weighted by molar-refractivity contribution is 7.11. The number of aryl methyl sites for hydroxylation is 1. The Kier molecular flexibility index (Phi) is 5.70. The van der Waals surface area contributed by atoms with E-state index in [2.05, 4.69) is 10.3 Å². The van der Waals surface area contributed by atoms with Gasteiger partial charge in [-0.2, -0.15) is 0 Å². The van der Waals surface area contributed by atoms with Crippen LogP contribution in [0.4, 0.5) is 0 Å². The summed E-state index contributed by atoms with van der Waals surface area (Å²) in [6.07, 6.45) is 1.76. The molecule has 0 bridgehead atoms. The molecule has 0 radical (unpaired) electrons. The van der Waals surface area contributed by atoms with Gasteiger partial charge in [-0.3, -0.25) is 9.59 Å². The topological polar surface area (TPSA) is 71.5 Å². The van der Waals surface area contributed by atoms with Crippen LogP contribution >= 0.6 is 11.3 Å². The van der Waals surface area contributed by atoms with Gasteiger partial charge in [-0.25, -0.2) is 4.98 Å². The molecule has 2 aromatic rings. The van der Waals surface area contributed by atoms with E-state index in [1.807, 2.05) is 6.92 Å². The summed E-state index contributed by atoms with van der Waals surface area (Å²) in [7, 11) is 3.33. The van der Waals surface area contributed by atoms with E-state index in [0.717, 1.165) is 9.88 Å². The lowest BCUT2D eigenvalue weighted by Gasteiger charge is -2.12. The van der Waals surface area contributed by atoms with Crippen LogP contribution in [0, 0.1) is 6.92 Å². The summed E-state index contributed by atoms with van der Waals surface area (Å²) in [5, 5.41) is 3.81. The Hall–Kier alpha value is -2.41. The van der Waals surface area contributed by atoms with E-state index in [1.54, 1.807) is 55.9 Å². The highest BCUT2D eigenvalue weighted by Gasteiger charge is 2.09. The molecule has 2 rings (SSSR count). The summed E-state index contributed by atoms with van der Waals surface area (Å²) in [5.74, 6) is 0.155. The Bertz CT molecular complexity index is 697. The number of hydrogen-bond acceptors (Lipinski definition) is 5. The van der Waals surface area contributed by atoms with Gasteiger partial charge in [0.25, 0.3) is 11.8 Å². The molecule has 0 aliphatic heterocycles. The summed E-state index contributed by atoms with van der Waals surface area (Å²) < 4.78 is 5.41. The highest BCUT2D eigenvalue weighted by Crippen LogP contribution is 2.14. The van der Waals surface area contributed by atoms with Crippen molar-refractivity contribution < 1.29 is 14.3 Å². The quantitative estimate of drug-likeness (QED) is 0.876. The van der Waals surface area contributed by atoms with Crippen molar-refractivity contribution in [3.8, 4) is 5.75 Å². The third kappa shape index (κ3) is 5.07. The van der Waals surface area contributed by atoms with Crippen LogP contribution in [-0.2, 0) is 11.3 Å². The van der Waals surface area contributed by atoms with Gasteiger partial charge in [-0.15, -0.1) is 11.3 Å². The number of likely N-dealkylation sites (N-methyl/N-ethyl adjacent to an activating group) is 1. The van der Waals surface area contributed by atoms with E-state index >= 15 is 0 Å². The molecule has 0 aliphatic rings. The van der Waals surface area contributed by atoms with Crippen LogP contribution < -0.4 is 10.1 Å². The van der Waals surface area contributed by atoms with Crippen LogP contribution in [0.2, 0.25) is 0 Å². The summed E-state index contributed by atoms with van der Waals surface area (Å²) in [6, 6.07) is 6.76. The molecule has 0 spiro atoms. The number of benzene rings is 1. The fraction of sp³-hybridized carbons (Fsp3) is 0.312. The number of carbonyl (C=O) groups is 2. The maximum Gasteiger partial charge on any atom is 0.259 e. The van der Waals surface area contributed by atoms with Crippen molar-refractivity contribution in [2.75, 3.05) is 20.7 Å². The maximum atomic E-state index is 12.2. The van der Waals surface area contributed by atoms with Gasteiger partial charge >= 0.3 is 0 Å². The van der Waals surface area contributed by atoms with Crippen LogP contribution in [0.1, 0.15) is 20.2 Å². The number of nitrogens with one attached hydrogen (secondary N) is 1. The number of rotatable bonds is 6. The molecule has 122 valence electrons. The smallest absolute Gasteiger partial charge is 0.259 e. The van der Waals surface area contributed by atoms with Crippen molar-refractivity contribution in [1.82, 2.24) is 15.2 Å². The lowest BCUT2D eigenvalue weighted by atomic mass is 10.2. The molecular weight excluding hydrogens is 314 g/mol. The molecule has 1 aromatic carbocycles. The SMILES string of the molecule is Cc1ncc(CNC(=O)c2cccc(OCC(=O)N(C)C)c2)s1. The number of carbonyl (C=O) groups excluding carboxylic acids is 2. The van der Waals surface area contributed by atoms with Crippen molar-refractivity contribution in [3.05, 3.63) is 45.9 Å².